The van der Waals surface area contributed by atoms with Crippen LogP contribution < -0.4 is 5.73 Å². The number of nitrogens with zero attached hydrogens (tertiary/aromatic N) is 2. The fourth-order valence-corrected chi connectivity index (χ4v) is 1.90. The van der Waals surface area contributed by atoms with Gasteiger partial charge in [-0.15, -0.1) is 0 Å². The van der Waals surface area contributed by atoms with Crippen molar-refractivity contribution in [2.45, 2.75) is 12.8 Å². The average Bonchev–Trinajstić information content (AvgIpc) is 2.77. The van der Waals surface area contributed by atoms with Crippen LogP contribution >= 0.6 is 0 Å². The molecule has 2 rings (SSSR count). The number of carboxylic acids is 1. The van der Waals surface area contributed by atoms with E-state index in [2.05, 4.69) is 5.10 Å². The topological polar surface area (TPSA) is 81.1 Å². The van der Waals surface area contributed by atoms with Crippen molar-refractivity contribution in [2.24, 2.45) is 5.73 Å². The van der Waals surface area contributed by atoms with Crippen molar-refractivity contribution >= 4 is 5.97 Å². The molecule has 0 aliphatic heterocycles. The number of aryl methyl sites for hydroxylation is 1. The molecule has 0 bridgehead atoms. The lowest BCUT2D eigenvalue weighted by molar-refractivity contribution is -0.138. The number of hydrogen-bond donors (Lipinski definition) is 2. The fourth-order valence-electron chi connectivity index (χ4n) is 1.90. The molecular formula is C13H15N3O2. The maximum atomic E-state index is 11.2. The van der Waals surface area contributed by atoms with E-state index in [1.165, 1.54) is 0 Å². The Labute approximate surface area is 105 Å². The lowest BCUT2D eigenvalue weighted by Crippen LogP contribution is -2.22. The Hall–Kier alpha value is -2.14. The highest BCUT2D eigenvalue weighted by Crippen LogP contribution is 2.23. The van der Waals surface area contributed by atoms with E-state index in [4.69, 9.17) is 5.73 Å². The lowest BCUT2D eigenvalue weighted by Gasteiger charge is -2.14. The summed E-state index contributed by atoms with van der Waals surface area (Å²) in [6.07, 6.45) is 3.59. The Morgan fingerprint density at radius 3 is 2.78 bits per heavy atom. The third-order valence-corrected chi connectivity index (χ3v) is 2.80. The van der Waals surface area contributed by atoms with Gasteiger partial charge in [0, 0.05) is 12.7 Å². The number of carbonyl (C=O) groups is 1. The molecule has 1 heterocycles. The minimum absolute atomic E-state index is 0.0621. The molecule has 5 heteroatoms. The molecule has 0 spiro atoms. The van der Waals surface area contributed by atoms with E-state index in [-0.39, 0.29) is 6.54 Å². The van der Waals surface area contributed by atoms with Crippen LogP contribution in [-0.2, 0) is 4.79 Å². The van der Waals surface area contributed by atoms with E-state index >= 15 is 0 Å². The maximum absolute atomic E-state index is 11.2. The highest BCUT2D eigenvalue weighted by atomic mass is 16.4. The zero-order valence-electron chi connectivity index (χ0n) is 10.1. The van der Waals surface area contributed by atoms with Crippen molar-refractivity contribution in [3.8, 4) is 5.69 Å². The minimum atomic E-state index is -0.922. The van der Waals surface area contributed by atoms with E-state index in [1.54, 1.807) is 23.0 Å². The average molecular weight is 245 g/mol. The molecule has 0 saturated carbocycles. The Kier molecular flexibility index (Phi) is 3.43. The van der Waals surface area contributed by atoms with Crippen LogP contribution in [0.1, 0.15) is 17.0 Å². The van der Waals surface area contributed by atoms with Gasteiger partial charge in [0.05, 0.1) is 17.8 Å². The molecular weight excluding hydrogens is 230 g/mol. The highest BCUT2D eigenvalue weighted by molar-refractivity contribution is 5.78. The predicted octanol–water partition coefficient (Wildman–Crippen LogP) is 1.31. The Morgan fingerprint density at radius 2 is 2.22 bits per heavy atom. The van der Waals surface area contributed by atoms with Crippen LogP contribution in [-0.4, -0.2) is 27.4 Å². The zero-order valence-corrected chi connectivity index (χ0v) is 10.1. The quantitative estimate of drug-likeness (QED) is 0.850. The fraction of sp³-hybridized carbons (Fsp3) is 0.231. The second-order valence-electron chi connectivity index (χ2n) is 4.15. The Bertz CT molecular complexity index is 563. The summed E-state index contributed by atoms with van der Waals surface area (Å²) in [5, 5.41) is 13.4. The van der Waals surface area contributed by atoms with Gasteiger partial charge >= 0.3 is 5.97 Å². The highest BCUT2D eigenvalue weighted by Gasteiger charge is 2.21. The van der Waals surface area contributed by atoms with Crippen LogP contribution in [0.5, 0.6) is 0 Å². The molecule has 94 valence electrons. The number of carboxylic acid groups (broad SMARTS) is 1. The Morgan fingerprint density at radius 1 is 1.50 bits per heavy atom. The van der Waals surface area contributed by atoms with E-state index in [9.17, 15) is 9.90 Å². The van der Waals surface area contributed by atoms with Gasteiger partial charge in [-0.05, 0) is 24.1 Å². The first-order valence-electron chi connectivity index (χ1n) is 5.67. The van der Waals surface area contributed by atoms with Crippen LogP contribution in [0.25, 0.3) is 5.69 Å². The van der Waals surface area contributed by atoms with Gasteiger partial charge in [-0.2, -0.15) is 5.10 Å². The van der Waals surface area contributed by atoms with Crippen molar-refractivity contribution in [1.82, 2.24) is 9.78 Å². The van der Waals surface area contributed by atoms with Crippen LogP contribution in [0, 0.1) is 6.92 Å². The lowest BCUT2D eigenvalue weighted by atomic mass is 9.97. The summed E-state index contributed by atoms with van der Waals surface area (Å²) in [5.74, 6) is -1.64. The summed E-state index contributed by atoms with van der Waals surface area (Å²) in [6, 6.07) is 7.28. The number of aliphatic carboxylic acids is 1. The van der Waals surface area contributed by atoms with Crippen LogP contribution in [0.2, 0.25) is 0 Å². The molecule has 3 N–H and O–H groups in total. The number of nitrogens with two attached hydrogens (primary N) is 1. The smallest absolute Gasteiger partial charge is 0.312 e. The van der Waals surface area contributed by atoms with Gasteiger partial charge < -0.3 is 10.8 Å². The van der Waals surface area contributed by atoms with Crippen LogP contribution in [0.15, 0.2) is 36.7 Å². The first-order valence-corrected chi connectivity index (χ1v) is 5.67. The third-order valence-electron chi connectivity index (χ3n) is 2.80. The molecule has 0 radical (unpaired) electrons. The van der Waals surface area contributed by atoms with Gasteiger partial charge in [-0.3, -0.25) is 4.79 Å². The number of para-hydroxylation sites is 1. The third kappa shape index (κ3) is 2.26. The molecule has 5 nitrogen and oxygen atoms in total. The number of rotatable bonds is 4. The number of hydrogen-bond acceptors (Lipinski definition) is 3. The van der Waals surface area contributed by atoms with E-state index in [0.29, 0.717) is 5.56 Å². The van der Waals surface area contributed by atoms with Gasteiger partial charge in [0.1, 0.15) is 0 Å². The Balaban J connectivity index is 2.52. The van der Waals surface area contributed by atoms with Crippen molar-refractivity contribution in [2.75, 3.05) is 6.54 Å². The van der Waals surface area contributed by atoms with Gasteiger partial charge in [0.2, 0.25) is 0 Å². The monoisotopic (exact) mass is 245 g/mol. The summed E-state index contributed by atoms with van der Waals surface area (Å²) in [5.41, 5.74) is 8.00. The van der Waals surface area contributed by atoms with Gasteiger partial charge in [-0.25, -0.2) is 4.68 Å². The maximum Gasteiger partial charge on any atom is 0.312 e. The summed E-state index contributed by atoms with van der Waals surface area (Å²) in [6.45, 7) is 2.00. The number of benzene rings is 1. The first-order chi connectivity index (χ1) is 8.63. The molecule has 18 heavy (non-hydrogen) atoms. The molecule has 1 atom stereocenters. The molecule has 0 aliphatic rings. The molecule has 0 aliphatic carbocycles. The summed E-state index contributed by atoms with van der Waals surface area (Å²) in [4.78, 5) is 11.2. The largest absolute Gasteiger partial charge is 0.481 e. The van der Waals surface area contributed by atoms with E-state index < -0.39 is 11.9 Å². The molecule has 1 aromatic carbocycles. The summed E-state index contributed by atoms with van der Waals surface area (Å²) < 4.78 is 1.68. The summed E-state index contributed by atoms with van der Waals surface area (Å²) in [7, 11) is 0. The molecule has 1 aromatic heterocycles. The molecule has 0 amide bonds. The zero-order chi connectivity index (χ0) is 13.1. The molecule has 1 unspecified atom stereocenters. The second kappa shape index (κ2) is 5.01. The van der Waals surface area contributed by atoms with E-state index in [1.807, 2.05) is 25.3 Å². The molecule has 2 aromatic rings. The minimum Gasteiger partial charge on any atom is -0.481 e. The molecule has 0 saturated heterocycles. The SMILES string of the molecule is Cc1cnn(-c2ccccc2C(CN)C(=O)O)c1. The second-order valence-corrected chi connectivity index (χ2v) is 4.15. The normalized spacial score (nSPS) is 12.3. The van der Waals surface area contributed by atoms with Crippen molar-refractivity contribution < 1.29 is 9.90 Å². The van der Waals surface area contributed by atoms with Gasteiger partial charge in [0.15, 0.2) is 0 Å². The van der Waals surface area contributed by atoms with Crippen LogP contribution in [0.4, 0.5) is 0 Å². The van der Waals surface area contributed by atoms with Gasteiger partial charge in [0.25, 0.3) is 0 Å². The van der Waals surface area contributed by atoms with Crippen molar-refractivity contribution in [3.63, 3.8) is 0 Å². The summed E-state index contributed by atoms with van der Waals surface area (Å²) >= 11 is 0. The first kappa shape index (κ1) is 12.3. The van der Waals surface area contributed by atoms with Crippen LogP contribution in [0.3, 0.4) is 0 Å². The van der Waals surface area contributed by atoms with Crippen molar-refractivity contribution in [1.29, 1.82) is 0 Å². The van der Waals surface area contributed by atoms with Gasteiger partial charge in [-0.1, -0.05) is 18.2 Å². The standard InChI is InChI=1S/C13H15N3O2/c1-9-7-15-16(8-9)12-5-3-2-4-10(12)11(6-14)13(17)18/h2-5,7-8,11H,6,14H2,1H3,(H,17,18). The predicted molar refractivity (Wildman–Crippen MR) is 67.7 cm³/mol. The molecule has 0 fully saturated rings. The van der Waals surface area contributed by atoms with E-state index in [0.717, 1.165) is 11.3 Å². The van der Waals surface area contributed by atoms with Crippen molar-refractivity contribution in [3.05, 3.63) is 47.8 Å². The number of aromatic nitrogens is 2.